The summed E-state index contributed by atoms with van der Waals surface area (Å²) in [5.41, 5.74) is 1.39. The van der Waals surface area contributed by atoms with E-state index in [4.69, 9.17) is 40.0 Å². The fourth-order valence-corrected chi connectivity index (χ4v) is 4.76. The van der Waals surface area contributed by atoms with Crippen LogP contribution in [0.1, 0.15) is 96.3 Å². The maximum absolute atomic E-state index is 9.96. The van der Waals surface area contributed by atoms with Crippen LogP contribution in [0, 0.1) is 0 Å². The van der Waals surface area contributed by atoms with Crippen molar-refractivity contribution in [2.24, 2.45) is 0 Å². The maximum Gasteiger partial charge on any atom is 0.126 e. The van der Waals surface area contributed by atoms with Crippen LogP contribution in [0.4, 0.5) is 0 Å². The highest BCUT2D eigenvalue weighted by Gasteiger charge is 2.49. The third-order valence-electron chi connectivity index (χ3n) is 6.86. The third-order valence-corrected chi connectivity index (χ3v) is 7.21. The Morgan fingerprint density at radius 2 is 1.34 bits per heavy atom. The molecule has 1 aliphatic rings. The fourth-order valence-electron chi connectivity index (χ4n) is 4.55. The molecule has 1 heterocycles. The molecule has 1 saturated heterocycles. The minimum Gasteiger partial charge on any atom is -0.496 e. The van der Waals surface area contributed by atoms with Gasteiger partial charge in [-0.2, -0.15) is 0 Å². The van der Waals surface area contributed by atoms with Gasteiger partial charge in [-0.25, -0.2) is 0 Å². The lowest BCUT2D eigenvalue weighted by Crippen LogP contribution is -2.58. The zero-order valence-electron chi connectivity index (χ0n) is 24.2. The normalized spacial score (nSPS) is 23.6. The summed E-state index contributed by atoms with van der Waals surface area (Å²) in [6, 6.07) is 3.59. The topological polar surface area (TPSA) is 75.6 Å². The Morgan fingerprint density at radius 3 is 1.89 bits per heavy atom. The number of methoxy groups -OCH3 is 1. The van der Waals surface area contributed by atoms with Crippen LogP contribution < -0.4 is 4.74 Å². The molecule has 1 N–H and O–H groups in total. The van der Waals surface area contributed by atoms with Crippen LogP contribution in [0.5, 0.6) is 5.75 Å². The first-order valence-electron chi connectivity index (χ1n) is 14.6. The van der Waals surface area contributed by atoms with Crippen molar-refractivity contribution in [2.75, 3.05) is 40.1 Å². The maximum atomic E-state index is 9.96. The number of rotatable bonds is 20. The number of aliphatic hydroxyl groups excluding tert-OH is 1. The number of hydrogen-bond donors (Lipinski definition) is 1. The minimum atomic E-state index is -0.512. The van der Waals surface area contributed by atoms with Crippen LogP contribution in [-0.4, -0.2) is 69.7 Å². The third kappa shape index (κ3) is 9.92. The van der Waals surface area contributed by atoms with Crippen molar-refractivity contribution in [3.05, 3.63) is 28.3 Å². The summed E-state index contributed by atoms with van der Waals surface area (Å²) in [6.45, 7) is 11.3. The van der Waals surface area contributed by atoms with Crippen LogP contribution in [-0.2, 0) is 30.3 Å². The van der Waals surface area contributed by atoms with Crippen LogP contribution in [0.15, 0.2) is 12.1 Å². The minimum absolute atomic E-state index is 0.188. The van der Waals surface area contributed by atoms with Crippen LogP contribution >= 0.6 is 11.6 Å². The molecular formula is C30H51ClO7. The van der Waals surface area contributed by atoms with Gasteiger partial charge in [0, 0.05) is 37.0 Å². The van der Waals surface area contributed by atoms with E-state index in [9.17, 15) is 5.11 Å². The molecule has 1 aliphatic heterocycles. The second-order valence-corrected chi connectivity index (χ2v) is 10.3. The Hall–Kier alpha value is -0.930. The number of hydrogen-bond acceptors (Lipinski definition) is 7. The number of aliphatic hydroxyl groups is 1. The van der Waals surface area contributed by atoms with Crippen molar-refractivity contribution in [1.82, 2.24) is 0 Å². The summed E-state index contributed by atoms with van der Waals surface area (Å²) in [6.07, 6.45) is 5.97. The van der Waals surface area contributed by atoms with E-state index < -0.39 is 12.2 Å². The highest BCUT2D eigenvalue weighted by atomic mass is 35.5. The van der Waals surface area contributed by atoms with Gasteiger partial charge in [0.05, 0.1) is 20.3 Å². The molecule has 8 heteroatoms. The highest BCUT2D eigenvalue weighted by Crippen LogP contribution is 2.42. The molecule has 0 bridgehead atoms. The fraction of sp³-hybridized carbons (Fsp3) is 0.800. The van der Waals surface area contributed by atoms with E-state index >= 15 is 0 Å². The zero-order valence-corrected chi connectivity index (χ0v) is 25.0. The van der Waals surface area contributed by atoms with Gasteiger partial charge in [0.25, 0.3) is 0 Å². The van der Waals surface area contributed by atoms with Gasteiger partial charge >= 0.3 is 0 Å². The van der Waals surface area contributed by atoms with Crippen molar-refractivity contribution in [1.29, 1.82) is 0 Å². The zero-order chi connectivity index (χ0) is 27.8. The van der Waals surface area contributed by atoms with Gasteiger partial charge < -0.3 is 33.5 Å². The summed E-state index contributed by atoms with van der Waals surface area (Å²) >= 11 is 6.42. The first-order chi connectivity index (χ1) is 18.6. The molecule has 1 aromatic carbocycles. The molecule has 7 nitrogen and oxygen atoms in total. The van der Waals surface area contributed by atoms with Gasteiger partial charge in [0.2, 0.25) is 0 Å². The Bertz CT molecular complexity index is 762. The van der Waals surface area contributed by atoms with Crippen molar-refractivity contribution in [3.8, 4) is 5.75 Å². The van der Waals surface area contributed by atoms with Gasteiger partial charge in [-0.15, -0.1) is 0 Å². The van der Waals surface area contributed by atoms with Crippen LogP contribution in [0.2, 0.25) is 5.02 Å². The van der Waals surface area contributed by atoms with E-state index in [1.807, 2.05) is 6.07 Å². The molecule has 0 amide bonds. The summed E-state index contributed by atoms with van der Waals surface area (Å²) in [7, 11) is 1.61. The van der Waals surface area contributed by atoms with E-state index in [1.165, 1.54) is 0 Å². The highest BCUT2D eigenvalue weighted by molar-refractivity contribution is 6.31. The molecule has 5 atom stereocenters. The number of benzene rings is 1. The van der Waals surface area contributed by atoms with Gasteiger partial charge in [-0.1, -0.05) is 65.0 Å². The molecule has 2 rings (SSSR count). The molecular weight excluding hydrogens is 508 g/mol. The Balaban J connectivity index is 2.53. The lowest BCUT2D eigenvalue weighted by atomic mass is 9.89. The summed E-state index contributed by atoms with van der Waals surface area (Å²) in [5.74, 6) is 0.588. The van der Waals surface area contributed by atoms with Gasteiger partial charge in [0.1, 0.15) is 36.3 Å². The Labute approximate surface area is 235 Å². The number of ether oxygens (including phenoxy) is 6. The molecule has 0 spiro atoms. The van der Waals surface area contributed by atoms with Crippen LogP contribution in [0.25, 0.3) is 0 Å². The molecule has 1 unspecified atom stereocenters. The quantitative estimate of drug-likeness (QED) is 0.179. The predicted molar refractivity (Wildman–Crippen MR) is 151 cm³/mol. The lowest BCUT2D eigenvalue weighted by Gasteiger charge is -2.46. The van der Waals surface area contributed by atoms with Gasteiger partial charge in [-0.05, 0) is 43.4 Å². The molecule has 1 fully saturated rings. The van der Waals surface area contributed by atoms with Gasteiger partial charge in [-0.3, -0.25) is 0 Å². The second-order valence-electron chi connectivity index (χ2n) is 9.93. The van der Waals surface area contributed by atoms with Crippen molar-refractivity contribution in [2.45, 2.75) is 116 Å². The SMILES string of the molecule is CCCCOC[C@H]1OC(c2cc(CO)c(Cl)cc2OC)[C@H](OCCCC)[C@@H](OCCCC)[C@@H]1OCCCC. The average molecular weight is 559 g/mol. The van der Waals surface area contributed by atoms with Gasteiger partial charge in [0.15, 0.2) is 0 Å². The van der Waals surface area contributed by atoms with E-state index in [1.54, 1.807) is 13.2 Å². The van der Waals surface area contributed by atoms with Crippen LogP contribution in [0.3, 0.4) is 0 Å². The smallest absolute Gasteiger partial charge is 0.126 e. The molecule has 0 aliphatic carbocycles. The van der Waals surface area contributed by atoms with Crippen molar-refractivity contribution in [3.63, 3.8) is 0 Å². The van der Waals surface area contributed by atoms with E-state index in [0.29, 0.717) is 49.4 Å². The van der Waals surface area contributed by atoms with E-state index in [-0.39, 0.29) is 24.9 Å². The summed E-state index contributed by atoms with van der Waals surface area (Å²) in [4.78, 5) is 0. The number of halogens is 1. The molecule has 0 aromatic heterocycles. The summed E-state index contributed by atoms with van der Waals surface area (Å²) in [5, 5.41) is 10.4. The molecule has 0 radical (unpaired) electrons. The second kappa shape index (κ2) is 19.2. The molecule has 38 heavy (non-hydrogen) atoms. The first kappa shape index (κ1) is 33.3. The van der Waals surface area contributed by atoms with Crippen molar-refractivity contribution < 1.29 is 33.5 Å². The largest absolute Gasteiger partial charge is 0.496 e. The molecule has 220 valence electrons. The van der Waals surface area contributed by atoms with E-state index in [0.717, 1.165) is 56.9 Å². The Kier molecular flexibility index (Phi) is 16.8. The molecule has 1 aromatic rings. The first-order valence-corrected chi connectivity index (χ1v) is 15.0. The number of unbranched alkanes of at least 4 members (excludes halogenated alkanes) is 4. The standard InChI is InChI=1S/C30H51ClO7/c1-6-10-14-34-21-26-28(35-15-11-7-2)30(37-17-13-9-4)29(36-16-12-8-3)27(38-26)23-18-22(20-32)24(31)19-25(23)33-5/h18-19,26-30,32H,6-17,20-21H2,1-5H3/t26-,27?,28-,29+,30+/m1/s1. The monoisotopic (exact) mass is 558 g/mol. The van der Waals surface area contributed by atoms with Crippen molar-refractivity contribution >= 4 is 11.6 Å². The average Bonchev–Trinajstić information content (AvgIpc) is 2.92. The predicted octanol–water partition coefficient (Wildman–Crippen LogP) is 6.65. The van der Waals surface area contributed by atoms with E-state index in [2.05, 4.69) is 27.7 Å². The molecule has 0 saturated carbocycles. The summed E-state index contributed by atoms with van der Waals surface area (Å²) < 4.78 is 38.2. The Morgan fingerprint density at radius 1 is 0.789 bits per heavy atom. The lowest BCUT2D eigenvalue weighted by molar-refractivity contribution is -0.268.